The maximum atomic E-state index is 12.7. The zero-order valence-corrected chi connectivity index (χ0v) is 19.2. The topological polar surface area (TPSA) is 105 Å². The molecule has 0 unspecified atom stereocenters. The summed E-state index contributed by atoms with van der Waals surface area (Å²) in [5, 5.41) is 0. The van der Waals surface area contributed by atoms with Crippen molar-refractivity contribution in [1.29, 1.82) is 0 Å². The number of benzene rings is 1. The third-order valence-electron chi connectivity index (χ3n) is 6.37. The summed E-state index contributed by atoms with van der Waals surface area (Å²) in [4.78, 5) is 39.4. The zero-order chi connectivity index (χ0) is 23.2. The number of carbonyl (C=O) groups is 2. The van der Waals surface area contributed by atoms with Gasteiger partial charge in [-0.3, -0.25) is 9.59 Å². The van der Waals surface area contributed by atoms with Crippen molar-refractivity contribution in [1.82, 2.24) is 19.8 Å². The van der Waals surface area contributed by atoms with E-state index >= 15 is 0 Å². The highest BCUT2D eigenvalue weighted by atomic mass is 16.5. The molecule has 0 saturated carbocycles. The van der Waals surface area contributed by atoms with E-state index in [1.54, 1.807) is 11.9 Å². The molecule has 176 valence electrons. The van der Waals surface area contributed by atoms with Crippen molar-refractivity contribution >= 4 is 17.8 Å². The summed E-state index contributed by atoms with van der Waals surface area (Å²) in [7, 11) is 1.75. The maximum Gasteiger partial charge on any atom is 0.236 e. The molecule has 2 amide bonds. The lowest BCUT2D eigenvalue weighted by molar-refractivity contribution is -0.140. The molecule has 0 aliphatic carbocycles. The first-order valence-corrected chi connectivity index (χ1v) is 11.5. The van der Waals surface area contributed by atoms with Crippen LogP contribution in [0.4, 0.5) is 5.95 Å². The third-order valence-corrected chi connectivity index (χ3v) is 6.37. The maximum absolute atomic E-state index is 12.7. The molecule has 0 atom stereocenters. The number of likely N-dealkylation sites (N-methyl/N-ethyl adjacent to an activating group) is 1. The second kappa shape index (κ2) is 10.7. The van der Waals surface area contributed by atoms with E-state index in [9.17, 15) is 9.59 Å². The van der Waals surface area contributed by atoms with Crippen LogP contribution in [0.1, 0.15) is 18.4 Å². The van der Waals surface area contributed by atoms with Crippen molar-refractivity contribution in [2.24, 2.45) is 11.7 Å². The number of piperidine rings is 1. The number of hydrogen-bond acceptors (Lipinski definition) is 7. The van der Waals surface area contributed by atoms with Crippen LogP contribution in [0.15, 0.2) is 36.7 Å². The zero-order valence-electron chi connectivity index (χ0n) is 19.2. The van der Waals surface area contributed by atoms with Crippen LogP contribution in [-0.4, -0.2) is 84.6 Å². The highest BCUT2D eigenvalue weighted by molar-refractivity contribution is 5.79. The fourth-order valence-corrected chi connectivity index (χ4v) is 4.37. The van der Waals surface area contributed by atoms with Crippen LogP contribution in [-0.2, 0) is 20.9 Å². The van der Waals surface area contributed by atoms with E-state index in [1.165, 1.54) is 0 Å². The van der Waals surface area contributed by atoms with Crippen molar-refractivity contribution in [3.63, 3.8) is 0 Å². The lowest BCUT2D eigenvalue weighted by Crippen LogP contribution is -2.47. The van der Waals surface area contributed by atoms with Gasteiger partial charge in [-0.15, -0.1) is 0 Å². The van der Waals surface area contributed by atoms with Gasteiger partial charge in [0.25, 0.3) is 0 Å². The van der Waals surface area contributed by atoms with Crippen LogP contribution in [0, 0.1) is 5.92 Å². The number of rotatable bonds is 6. The summed E-state index contributed by atoms with van der Waals surface area (Å²) < 4.78 is 5.35. The molecule has 2 aromatic rings. The van der Waals surface area contributed by atoms with Crippen molar-refractivity contribution in [3.05, 3.63) is 42.2 Å². The predicted octanol–water partition coefficient (Wildman–Crippen LogP) is 1.14. The van der Waals surface area contributed by atoms with Gasteiger partial charge in [-0.05, 0) is 30.0 Å². The Morgan fingerprint density at radius 2 is 1.79 bits per heavy atom. The first kappa shape index (κ1) is 23.1. The minimum Gasteiger partial charge on any atom is -0.378 e. The second-order valence-electron chi connectivity index (χ2n) is 8.63. The highest BCUT2D eigenvalue weighted by Crippen LogP contribution is 2.25. The molecule has 0 spiro atoms. The van der Waals surface area contributed by atoms with E-state index in [0.717, 1.165) is 42.6 Å². The number of hydrogen-bond donors (Lipinski definition) is 1. The number of aromatic nitrogens is 2. The number of carbonyl (C=O) groups excluding carboxylic acids is 2. The van der Waals surface area contributed by atoms with Crippen molar-refractivity contribution in [3.8, 4) is 11.1 Å². The summed E-state index contributed by atoms with van der Waals surface area (Å²) in [5.41, 5.74) is 8.39. The van der Waals surface area contributed by atoms with Gasteiger partial charge in [0.2, 0.25) is 17.8 Å². The largest absolute Gasteiger partial charge is 0.378 e. The minimum absolute atomic E-state index is 0.00408. The Bertz CT molecular complexity index is 953. The van der Waals surface area contributed by atoms with Gasteiger partial charge in [-0.1, -0.05) is 18.2 Å². The Morgan fingerprint density at radius 3 is 2.45 bits per heavy atom. The second-order valence-corrected chi connectivity index (χ2v) is 8.63. The van der Waals surface area contributed by atoms with Gasteiger partial charge in [0.15, 0.2) is 0 Å². The molecular weight excluding hydrogens is 420 g/mol. The Morgan fingerprint density at radius 1 is 1.09 bits per heavy atom. The molecule has 1 aromatic carbocycles. The Labute approximate surface area is 194 Å². The molecule has 2 fully saturated rings. The summed E-state index contributed by atoms with van der Waals surface area (Å²) in [6.07, 6.45) is 5.30. The van der Waals surface area contributed by atoms with Gasteiger partial charge in [-0.2, -0.15) is 0 Å². The Kier molecular flexibility index (Phi) is 7.51. The fourth-order valence-electron chi connectivity index (χ4n) is 4.37. The SMILES string of the molecule is CN(Cc1cccc(-c2cnc(N3CCC(C(=O)N4CCOCC4)CC3)nc2)c1)C(=O)CN. The average molecular weight is 453 g/mol. The van der Waals surface area contributed by atoms with Gasteiger partial charge < -0.3 is 25.2 Å². The number of anilines is 1. The van der Waals surface area contributed by atoms with E-state index in [2.05, 4.69) is 14.9 Å². The highest BCUT2D eigenvalue weighted by Gasteiger charge is 2.30. The number of nitrogens with zero attached hydrogens (tertiary/aromatic N) is 5. The molecular formula is C24H32N6O3. The summed E-state index contributed by atoms with van der Waals surface area (Å²) in [6.45, 7) is 4.72. The monoisotopic (exact) mass is 452 g/mol. The van der Waals surface area contributed by atoms with Gasteiger partial charge in [-0.25, -0.2) is 9.97 Å². The molecule has 9 nitrogen and oxygen atoms in total. The number of amides is 2. The first-order valence-electron chi connectivity index (χ1n) is 11.5. The molecule has 33 heavy (non-hydrogen) atoms. The number of morpholine rings is 1. The molecule has 9 heteroatoms. The number of ether oxygens (including phenoxy) is 1. The normalized spacial score (nSPS) is 17.2. The van der Waals surface area contributed by atoms with Crippen molar-refractivity contribution in [2.75, 3.05) is 57.9 Å². The van der Waals surface area contributed by atoms with E-state index in [0.29, 0.717) is 38.8 Å². The molecule has 2 aliphatic heterocycles. The minimum atomic E-state index is -0.0940. The smallest absolute Gasteiger partial charge is 0.236 e. The van der Waals surface area contributed by atoms with Crippen LogP contribution in [0.2, 0.25) is 0 Å². The quantitative estimate of drug-likeness (QED) is 0.701. The van der Waals surface area contributed by atoms with Crippen LogP contribution in [0.3, 0.4) is 0 Å². The van der Waals surface area contributed by atoms with Crippen LogP contribution < -0.4 is 10.6 Å². The van der Waals surface area contributed by atoms with Crippen molar-refractivity contribution < 1.29 is 14.3 Å². The van der Waals surface area contributed by atoms with Gasteiger partial charge >= 0.3 is 0 Å². The van der Waals surface area contributed by atoms with E-state index in [-0.39, 0.29) is 24.3 Å². The molecule has 4 rings (SSSR count). The van der Waals surface area contributed by atoms with Crippen molar-refractivity contribution in [2.45, 2.75) is 19.4 Å². The Hall–Kier alpha value is -3.04. The lowest BCUT2D eigenvalue weighted by Gasteiger charge is -2.35. The molecule has 2 saturated heterocycles. The van der Waals surface area contributed by atoms with E-state index < -0.39 is 0 Å². The average Bonchev–Trinajstić information content (AvgIpc) is 2.88. The van der Waals surface area contributed by atoms with Crippen LogP contribution in [0.25, 0.3) is 11.1 Å². The van der Waals surface area contributed by atoms with Gasteiger partial charge in [0.1, 0.15) is 0 Å². The fraction of sp³-hybridized carbons (Fsp3) is 0.500. The van der Waals surface area contributed by atoms with Gasteiger partial charge in [0, 0.05) is 63.6 Å². The summed E-state index contributed by atoms with van der Waals surface area (Å²) in [5.74, 6) is 0.933. The molecule has 1 aromatic heterocycles. The molecule has 0 radical (unpaired) electrons. The summed E-state index contributed by atoms with van der Waals surface area (Å²) >= 11 is 0. The Balaban J connectivity index is 1.35. The van der Waals surface area contributed by atoms with E-state index in [4.69, 9.17) is 10.5 Å². The lowest BCUT2D eigenvalue weighted by atomic mass is 9.95. The predicted molar refractivity (Wildman–Crippen MR) is 125 cm³/mol. The molecule has 3 heterocycles. The van der Waals surface area contributed by atoms with Crippen LogP contribution in [0.5, 0.6) is 0 Å². The third kappa shape index (κ3) is 5.66. The molecule has 2 aliphatic rings. The molecule has 0 bridgehead atoms. The van der Waals surface area contributed by atoms with Gasteiger partial charge in [0.05, 0.1) is 19.8 Å². The first-order chi connectivity index (χ1) is 16.0. The summed E-state index contributed by atoms with van der Waals surface area (Å²) in [6, 6.07) is 8.01. The van der Waals surface area contributed by atoms with Crippen LogP contribution >= 0.6 is 0 Å². The molecule has 2 N–H and O–H groups in total. The standard InChI is InChI=1S/C24H32N6O3/c1-28(22(31)14-25)17-18-3-2-4-20(13-18)21-15-26-24(27-16-21)30-7-5-19(6-8-30)23(32)29-9-11-33-12-10-29/h2-4,13,15-16,19H,5-12,14,17,25H2,1H3. The number of nitrogens with two attached hydrogens (primary N) is 1. The van der Waals surface area contributed by atoms with E-state index in [1.807, 2.05) is 41.6 Å².